The first-order valence-electron chi connectivity index (χ1n) is 6.58. The molecular formula is C15H26N2. The van der Waals surface area contributed by atoms with E-state index >= 15 is 0 Å². The Morgan fingerprint density at radius 3 is 2.24 bits per heavy atom. The van der Waals surface area contributed by atoms with Crippen LogP contribution < -0.4 is 5.73 Å². The molecule has 0 spiro atoms. The maximum atomic E-state index is 5.96. The summed E-state index contributed by atoms with van der Waals surface area (Å²) in [6.07, 6.45) is 1.16. The van der Waals surface area contributed by atoms with Gasteiger partial charge in [-0.25, -0.2) is 0 Å². The summed E-state index contributed by atoms with van der Waals surface area (Å²) in [6, 6.07) is 11.6. The number of hydrogen-bond donors (Lipinski definition) is 1. The van der Waals surface area contributed by atoms with Crippen LogP contribution in [0.25, 0.3) is 0 Å². The molecule has 2 N–H and O–H groups in total. The van der Waals surface area contributed by atoms with Gasteiger partial charge in [-0.15, -0.1) is 0 Å². The summed E-state index contributed by atoms with van der Waals surface area (Å²) in [5.74, 6) is 0.472. The van der Waals surface area contributed by atoms with Crippen LogP contribution in [0.3, 0.4) is 0 Å². The molecule has 96 valence electrons. The predicted octanol–water partition coefficient (Wildman–Crippen LogP) is 2.85. The summed E-state index contributed by atoms with van der Waals surface area (Å²) in [7, 11) is 2.19. The van der Waals surface area contributed by atoms with Crippen LogP contribution in [0, 0.1) is 0 Å². The van der Waals surface area contributed by atoms with Crippen molar-refractivity contribution in [3.63, 3.8) is 0 Å². The third-order valence-corrected chi connectivity index (χ3v) is 3.95. The van der Waals surface area contributed by atoms with Crippen molar-refractivity contribution in [3.05, 3.63) is 35.9 Å². The molecule has 0 radical (unpaired) electrons. The molecule has 0 aliphatic carbocycles. The van der Waals surface area contributed by atoms with Gasteiger partial charge in [-0.2, -0.15) is 0 Å². The van der Waals surface area contributed by atoms with Crippen molar-refractivity contribution < 1.29 is 0 Å². The van der Waals surface area contributed by atoms with Gasteiger partial charge in [0.25, 0.3) is 0 Å². The van der Waals surface area contributed by atoms with Gasteiger partial charge < -0.3 is 5.73 Å². The fourth-order valence-electron chi connectivity index (χ4n) is 2.32. The minimum absolute atomic E-state index is 0.410. The topological polar surface area (TPSA) is 29.3 Å². The zero-order valence-electron chi connectivity index (χ0n) is 11.6. The fourth-order valence-corrected chi connectivity index (χ4v) is 2.32. The van der Waals surface area contributed by atoms with E-state index in [1.54, 1.807) is 0 Å². The largest absolute Gasteiger partial charge is 0.329 e. The van der Waals surface area contributed by atoms with Crippen molar-refractivity contribution in [1.82, 2.24) is 4.90 Å². The average Bonchev–Trinajstić information content (AvgIpc) is 2.39. The first-order valence-corrected chi connectivity index (χ1v) is 6.58. The molecule has 3 atom stereocenters. The Labute approximate surface area is 106 Å². The van der Waals surface area contributed by atoms with Crippen LogP contribution >= 0.6 is 0 Å². The molecule has 1 aromatic rings. The number of benzene rings is 1. The van der Waals surface area contributed by atoms with E-state index in [1.165, 1.54) is 5.56 Å². The smallest absolute Gasteiger partial charge is 0.0284 e. The van der Waals surface area contributed by atoms with Gasteiger partial charge in [-0.1, -0.05) is 44.2 Å². The molecule has 1 rings (SSSR count). The number of rotatable bonds is 6. The third-order valence-electron chi connectivity index (χ3n) is 3.95. The maximum Gasteiger partial charge on any atom is 0.0284 e. The normalized spacial score (nSPS) is 16.8. The minimum atomic E-state index is 0.410. The molecule has 0 saturated carbocycles. The molecule has 0 aliphatic rings. The molecule has 2 heteroatoms. The van der Waals surface area contributed by atoms with Crippen LogP contribution in [0.1, 0.15) is 38.7 Å². The molecule has 0 aliphatic heterocycles. The Morgan fingerprint density at radius 1 is 1.18 bits per heavy atom. The zero-order chi connectivity index (χ0) is 12.8. The Balaban J connectivity index is 2.80. The van der Waals surface area contributed by atoms with Crippen molar-refractivity contribution in [2.45, 2.75) is 45.2 Å². The van der Waals surface area contributed by atoms with Crippen LogP contribution in [-0.4, -0.2) is 30.6 Å². The van der Waals surface area contributed by atoms with Gasteiger partial charge in [0.15, 0.2) is 0 Å². The van der Waals surface area contributed by atoms with Crippen LogP contribution in [0.2, 0.25) is 0 Å². The van der Waals surface area contributed by atoms with Crippen LogP contribution in [0.15, 0.2) is 30.3 Å². The van der Waals surface area contributed by atoms with Crippen molar-refractivity contribution in [2.75, 3.05) is 13.6 Å². The van der Waals surface area contributed by atoms with Gasteiger partial charge in [0.1, 0.15) is 0 Å². The second-order valence-electron chi connectivity index (χ2n) is 4.93. The lowest BCUT2D eigenvalue weighted by atomic mass is 9.91. The summed E-state index contributed by atoms with van der Waals surface area (Å²) in [4.78, 5) is 2.41. The summed E-state index contributed by atoms with van der Waals surface area (Å²) in [5.41, 5.74) is 7.34. The SMILES string of the molecule is CCC(C)N(C)C(CN)C(C)c1ccccc1. The number of hydrogen-bond acceptors (Lipinski definition) is 2. The first-order chi connectivity index (χ1) is 8.11. The van der Waals surface area contributed by atoms with E-state index in [9.17, 15) is 0 Å². The lowest BCUT2D eigenvalue weighted by Gasteiger charge is -2.36. The molecule has 1 aromatic carbocycles. The molecule has 3 unspecified atom stereocenters. The van der Waals surface area contributed by atoms with Crippen molar-refractivity contribution in [3.8, 4) is 0 Å². The van der Waals surface area contributed by atoms with Gasteiger partial charge in [-0.3, -0.25) is 4.90 Å². The highest BCUT2D eigenvalue weighted by Crippen LogP contribution is 2.23. The second-order valence-corrected chi connectivity index (χ2v) is 4.93. The highest BCUT2D eigenvalue weighted by molar-refractivity contribution is 5.20. The quantitative estimate of drug-likeness (QED) is 0.820. The molecule has 17 heavy (non-hydrogen) atoms. The van der Waals surface area contributed by atoms with E-state index in [1.807, 2.05) is 0 Å². The van der Waals surface area contributed by atoms with Crippen molar-refractivity contribution in [1.29, 1.82) is 0 Å². The summed E-state index contributed by atoms with van der Waals surface area (Å²) < 4.78 is 0. The van der Waals surface area contributed by atoms with E-state index in [-0.39, 0.29) is 0 Å². The maximum absolute atomic E-state index is 5.96. The number of nitrogens with two attached hydrogens (primary N) is 1. The van der Waals surface area contributed by atoms with E-state index in [0.717, 1.165) is 6.42 Å². The lowest BCUT2D eigenvalue weighted by Crippen LogP contribution is -2.45. The molecule has 0 heterocycles. The Morgan fingerprint density at radius 2 is 1.76 bits per heavy atom. The zero-order valence-corrected chi connectivity index (χ0v) is 11.6. The molecule has 0 fully saturated rings. The van der Waals surface area contributed by atoms with Crippen LogP contribution in [0.4, 0.5) is 0 Å². The van der Waals surface area contributed by atoms with Gasteiger partial charge in [-0.05, 0) is 31.9 Å². The molecule has 2 nitrogen and oxygen atoms in total. The molecular weight excluding hydrogens is 208 g/mol. The average molecular weight is 234 g/mol. The Hall–Kier alpha value is -0.860. The standard InChI is InChI=1S/C15H26N2/c1-5-12(2)17(4)15(11-16)13(3)14-9-7-6-8-10-14/h6-10,12-13,15H,5,11,16H2,1-4H3. The number of likely N-dealkylation sites (N-methyl/N-ethyl adjacent to an activating group) is 1. The molecule has 0 saturated heterocycles. The molecule has 0 aromatic heterocycles. The van der Waals surface area contributed by atoms with E-state index in [2.05, 4.69) is 63.1 Å². The van der Waals surface area contributed by atoms with Crippen molar-refractivity contribution >= 4 is 0 Å². The summed E-state index contributed by atoms with van der Waals surface area (Å²) >= 11 is 0. The molecule has 0 bridgehead atoms. The summed E-state index contributed by atoms with van der Waals surface area (Å²) in [6.45, 7) is 7.46. The van der Waals surface area contributed by atoms with E-state index < -0.39 is 0 Å². The van der Waals surface area contributed by atoms with E-state index in [0.29, 0.717) is 24.5 Å². The predicted molar refractivity (Wildman–Crippen MR) is 75.2 cm³/mol. The second kappa shape index (κ2) is 6.77. The highest BCUT2D eigenvalue weighted by Gasteiger charge is 2.24. The highest BCUT2D eigenvalue weighted by atomic mass is 15.2. The van der Waals surface area contributed by atoms with Gasteiger partial charge >= 0.3 is 0 Å². The van der Waals surface area contributed by atoms with Gasteiger partial charge in [0.2, 0.25) is 0 Å². The van der Waals surface area contributed by atoms with Gasteiger partial charge in [0.05, 0.1) is 0 Å². The summed E-state index contributed by atoms with van der Waals surface area (Å²) in [5, 5.41) is 0. The van der Waals surface area contributed by atoms with Crippen molar-refractivity contribution in [2.24, 2.45) is 5.73 Å². The molecule has 0 amide bonds. The first kappa shape index (κ1) is 14.2. The number of nitrogens with zero attached hydrogens (tertiary/aromatic N) is 1. The minimum Gasteiger partial charge on any atom is -0.329 e. The monoisotopic (exact) mass is 234 g/mol. The fraction of sp³-hybridized carbons (Fsp3) is 0.600. The lowest BCUT2D eigenvalue weighted by molar-refractivity contribution is 0.164. The third kappa shape index (κ3) is 3.55. The van der Waals surface area contributed by atoms with Gasteiger partial charge in [0, 0.05) is 18.6 Å². The Kier molecular flexibility index (Phi) is 5.66. The Bertz CT molecular complexity index is 310. The van der Waals surface area contributed by atoms with Crippen LogP contribution in [-0.2, 0) is 0 Å². The van der Waals surface area contributed by atoms with E-state index in [4.69, 9.17) is 5.73 Å². The van der Waals surface area contributed by atoms with Crippen LogP contribution in [0.5, 0.6) is 0 Å².